The minimum atomic E-state index is -0.521. The Morgan fingerprint density at radius 2 is 0.956 bits per heavy atom. The van der Waals surface area contributed by atoms with Gasteiger partial charge in [0.15, 0.2) is 11.5 Å². The van der Waals surface area contributed by atoms with Crippen molar-refractivity contribution in [2.75, 3.05) is 4.90 Å². The molecule has 2 heterocycles. The predicted molar refractivity (Wildman–Crippen MR) is 281 cm³/mol. The average Bonchev–Trinajstić information content (AvgIpc) is 3.91. The number of aromatic nitrogens is 1. The molecule has 68 heavy (non-hydrogen) atoms. The fourth-order valence-corrected chi connectivity index (χ4v) is 11.6. The molecule has 3 nitrogen and oxygen atoms in total. The van der Waals surface area contributed by atoms with Gasteiger partial charge < -0.3 is 14.2 Å². The molecule has 318 valence electrons. The van der Waals surface area contributed by atoms with Gasteiger partial charge in [-0.2, -0.15) is 0 Å². The molecule has 0 fully saturated rings. The van der Waals surface area contributed by atoms with E-state index in [0.717, 1.165) is 56.4 Å². The van der Waals surface area contributed by atoms with E-state index in [-0.39, 0.29) is 0 Å². The van der Waals surface area contributed by atoms with Crippen molar-refractivity contribution in [1.82, 2.24) is 4.57 Å². The highest BCUT2D eigenvalue weighted by Crippen LogP contribution is 2.59. The molecule has 0 radical (unpaired) electrons. The number of nitrogens with zero attached hydrogens (tertiary/aromatic N) is 2. The average molecular weight is 867 g/mol. The lowest BCUT2D eigenvalue weighted by Gasteiger charge is -2.34. The maximum Gasteiger partial charge on any atom is 0.152 e. The van der Waals surface area contributed by atoms with Crippen molar-refractivity contribution in [1.29, 1.82) is 0 Å². The molecule has 0 saturated carbocycles. The summed E-state index contributed by atoms with van der Waals surface area (Å²) in [6, 6.07) is 93.2. The van der Waals surface area contributed by atoms with E-state index in [1.54, 1.807) is 0 Å². The van der Waals surface area contributed by atoms with Gasteiger partial charge in [0.25, 0.3) is 0 Å². The highest BCUT2D eigenvalue weighted by molar-refractivity contribution is 6.13. The zero-order valence-corrected chi connectivity index (χ0v) is 37.1. The van der Waals surface area contributed by atoms with Crippen LogP contribution in [-0.2, 0) is 5.41 Å². The van der Waals surface area contributed by atoms with Crippen LogP contribution in [0.3, 0.4) is 0 Å². The van der Waals surface area contributed by atoms with E-state index in [1.807, 2.05) is 6.07 Å². The number of anilines is 3. The first-order valence-corrected chi connectivity index (χ1v) is 23.4. The Balaban J connectivity index is 0.956. The molecule has 0 spiro atoms. The molecule has 0 atom stereocenters. The fourth-order valence-electron chi connectivity index (χ4n) is 11.6. The number of rotatable bonds is 7. The summed E-state index contributed by atoms with van der Waals surface area (Å²) in [5.74, 6) is 1.75. The third kappa shape index (κ3) is 5.60. The molecule has 1 aliphatic heterocycles. The lowest BCUT2D eigenvalue weighted by molar-refractivity contribution is 0.476. The van der Waals surface area contributed by atoms with Gasteiger partial charge in [0.05, 0.1) is 27.8 Å². The topological polar surface area (TPSA) is 17.4 Å². The van der Waals surface area contributed by atoms with Gasteiger partial charge in [0, 0.05) is 27.7 Å². The summed E-state index contributed by atoms with van der Waals surface area (Å²) in [4.78, 5) is 2.46. The van der Waals surface area contributed by atoms with Crippen molar-refractivity contribution in [3.63, 3.8) is 0 Å². The normalized spacial score (nSPS) is 12.9. The summed E-state index contributed by atoms with van der Waals surface area (Å²) in [5.41, 5.74) is 18.4. The number of fused-ring (bicyclic) bond motifs is 9. The standard InChI is InChI=1S/C65H42N2O/c1-3-18-47(19-4-1)65(48-20-5-2-6-21-48)56-26-10-9-23-55(56)63-57(65)27-15-29-59(63)66(50-39-34-45(35-40-50)52-24-13-17-44-16-7-8-22-51(44)52)49-37-32-43(33-38-49)46-36-41-53-54-25-14-31-62-64(54)67(60(53)42-46)58-28-11-12-30-61(58)68-62/h1-42H. The van der Waals surface area contributed by atoms with Crippen LogP contribution in [0, 0.1) is 0 Å². The Labute approximate surface area is 395 Å². The van der Waals surface area contributed by atoms with Crippen molar-refractivity contribution in [3.8, 4) is 50.6 Å². The minimum Gasteiger partial charge on any atom is -0.453 e. The highest BCUT2D eigenvalue weighted by Gasteiger charge is 2.47. The number of ether oxygens (including phenoxy) is 1. The molecule has 1 aliphatic carbocycles. The molecule has 12 aromatic rings. The smallest absolute Gasteiger partial charge is 0.152 e. The van der Waals surface area contributed by atoms with Gasteiger partial charge in [0.1, 0.15) is 0 Å². The van der Waals surface area contributed by atoms with Gasteiger partial charge in [0.2, 0.25) is 0 Å². The van der Waals surface area contributed by atoms with Crippen molar-refractivity contribution in [2.24, 2.45) is 0 Å². The number of para-hydroxylation sites is 3. The maximum atomic E-state index is 6.43. The Kier molecular flexibility index (Phi) is 8.50. The Hall–Kier alpha value is -8.92. The van der Waals surface area contributed by atoms with Gasteiger partial charge in [-0.15, -0.1) is 0 Å². The second kappa shape index (κ2) is 15.1. The van der Waals surface area contributed by atoms with Crippen molar-refractivity contribution < 1.29 is 4.74 Å². The molecule has 0 unspecified atom stereocenters. The van der Waals surface area contributed by atoms with Crippen LogP contribution in [-0.4, -0.2) is 4.57 Å². The van der Waals surface area contributed by atoms with Crippen LogP contribution in [0.25, 0.3) is 71.6 Å². The molecule has 0 bridgehead atoms. The molecule has 1 aromatic heterocycles. The van der Waals surface area contributed by atoms with Gasteiger partial charge in [-0.25, -0.2) is 0 Å². The first-order valence-electron chi connectivity index (χ1n) is 23.4. The molecular formula is C65H42N2O. The fraction of sp³-hybridized carbons (Fsp3) is 0.0154. The van der Waals surface area contributed by atoms with E-state index < -0.39 is 5.41 Å². The molecule has 0 amide bonds. The molecule has 0 saturated heterocycles. The van der Waals surface area contributed by atoms with E-state index in [0.29, 0.717) is 0 Å². The Morgan fingerprint density at radius 1 is 0.382 bits per heavy atom. The second-order valence-electron chi connectivity index (χ2n) is 18.0. The van der Waals surface area contributed by atoms with Gasteiger partial charge >= 0.3 is 0 Å². The molecule has 2 aliphatic rings. The summed E-state index contributed by atoms with van der Waals surface area (Å²) in [6.45, 7) is 0. The summed E-state index contributed by atoms with van der Waals surface area (Å²) < 4.78 is 8.80. The third-order valence-electron chi connectivity index (χ3n) is 14.5. The molecule has 3 heteroatoms. The lowest BCUT2D eigenvalue weighted by atomic mass is 9.68. The summed E-state index contributed by atoms with van der Waals surface area (Å²) >= 11 is 0. The number of benzene rings is 11. The van der Waals surface area contributed by atoms with E-state index in [9.17, 15) is 0 Å². The molecular weight excluding hydrogens is 825 g/mol. The van der Waals surface area contributed by atoms with Crippen LogP contribution < -0.4 is 9.64 Å². The van der Waals surface area contributed by atoms with Crippen molar-refractivity contribution >= 4 is 49.6 Å². The van der Waals surface area contributed by atoms with Crippen LogP contribution in [0.15, 0.2) is 255 Å². The maximum absolute atomic E-state index is 6.43. The zero-order chi connectivity index (χ0) is 44.8. The number of hydrogen-bond donors (Lipinski definition) is 0. The van der Waals surface area contributed by atoms with Crippen LogP contribution in [0.2, 0.25) is 0 Å². The Morgan fingerprint density at radius 3 is 1.75 bits per heavy atom. The zero-order valence-electron chi connectivity index (χ0n) is 37.1. The van der Waals surface area contributed by atoms with Crippen LogP contribution in [0.5, 0.6) is 11.5 Å². The SMILES string of the molecule is c1ccc(C2(c3ccccc3)c3ccccc3-c3c(N(c4ccc(-c5ccc6c7cccc8c7n(c6c5)-c5ccccc5O8)cc4)c4ccc(-c5cccc6ccccc56)cc4)cccc32)cc1. The van der Waals surface area contributed by atoms with E-state index >= 15 is 0 Å². The van der Waals surface area contributed by atoms with E-state index in [1.165, 1.54) is 66.1 Å². The van der Waals surface area contributed by atoms with E-state index in [4.69, 9.17) is 4.74 Å². The minimum absolute atomic E-state index is 0.521. The van der Waals surface area contributed by atoms with Crippen LogP contribution in [0.4, 0.5) is 17.1 Å². The lowest BCUT2D eigenvalue weighted by Crippen LogP contribution is -2.28. The van der Waals surface area contributed by atoms with Crippen LogP contribution in [0.1, 0.15) is 22.3 Å². The monoisotopic (exact) mass is 866 g/mol. The summed E-state index contributed by atoms with van der Waals surface area (Å²) in [7, 11) is 0. The second-order valence-corrected chi connectivity index (χ2v) is 18.0. The van der Waals surface area contributed by atoms with Gasteiger partial charge in [-0.3, -0.25) is 0 Å². The van der Waals surface area contributed by atoms with Gasteiger partial charge in [-0.05, 0) is 115 Å². The third-order valence-corrected chi connectivity index (χ3v) is 14.5. The van der Waals surface area contributed by atoms with Crippen molar-refractivity contribution in [2.45, 2.75) is 5.41 Å². The first-order chi connectivity index (χ1) is 33.7. The van der Waals surface area contributed by atoms with E-state index in [2.05, 4.69) is 258 Å². The first kappa shape index (κ1) is 38.4. The molecule has 0 N–H and O–H groups in total. The summed E-state index contributed by atoms with van der Waals surface area (Å²) in [6.07, 6.45) is 0. The predicted octanol–water partition coefficient (Wildman–Crippen LogP) is 17.2. The molecule has 14 rings (SSSR count). The molecule has 11 aromatic carbocycles. The largest absolute Gasteiger partial charge is 0.453 e. The van der Waals surface area contributed by atoms with Gasteiger partial charge in [-0.1, -0.05) is 200 Å². The quantitative estimate of drug-likeness (QED) is 0.159. The number of hydrogen-bond acceptors (Lipinski definition) is 2. The van der Waals surface area contributed by atoms with Crippen LogP contribution >= 0.6 is 0 Å². The highest BCUT2D eigenvalue weighted by atomic mass is 16.5. The Bertz CT molecular complexity index is 3880. The summed E-state index contributed by atoms with van der Waals surface area (Å²) in [5, 5.41) is 4.89. The van der Waals surface area contributed by atoms with Crippen molar-refractivity contribution in [3.05, 3.63) is 277 Å².